The summed E-state index contributed by atoms with van der Waals surface area (Å²) in [5.74, 6) is -0.123. The zero-order valence-corrected chi connectivity index (χ0v) is 15.3. The number of carbonyl (C=O) groups is 2. The molecule has 6 nitrogen and oxygen atoms in total. The summed E-state index contributed by atoms with van der Waals surface area (Å²) in [5, 5.41) is 2.44. The predicted molar refractivity (Wildman–Crippen MR) is 91.9 cm³/mol. The van der Waals surface area contributed by atoms with Crippen molar-refractivity contribution in [2.24, 2.45) is 5.92 Å². The number of amides is 1. The van der Waals surface area contributed by atoms with E-state index in [2.05, 4.69) is 4.98 Å². The van der Waals surface area contributed by atoms with Crippen LogP contribution < -0.4 is 0 Å². The first-order valence-corrected chi connectivity index (χ1v) is 9.43. The van der Waals surface area contributed by atoms with Crippen molar-refractivity contribution in [3.63, 3.8) is 0 Å². The average molecular weight is 354 g/mol. The van der Waals surface area contributed by atoms with Crippen LogP contribution in [-0.2, 0) is 20.8 Å². The van der Waals surface area contributed by atoms with Crippen molar-refractivity contribution in [3.8, 4) is 0 Å². The first kappa shape index (κ1) is 18.9. The second kappa shape index (κ2) is 9.74. The molecule has 1 saturated carbocycles. The molecule has 2 rings (SSSR count). The molecule has 1 aliphatic rings. The Morgan fingerprint density at radius 1 is 1.33 bits per heavy atom. The topological polar surface area (TPSA) is 68.7 Å². The molecule has 0 bridgehead atoms. The van der Waals surface area contributed by atoms with Gasteiger partial charge in [-0.2, -0.15) is 0 Å². The van der Waals surface area contributed by atoms with Crippen molar-refractivity contribution in [2.75, 3.05) is 26.9 Å². The molecule has 0 aliphatic heterocycles. The molecular weight excluding hydrogens is 328 g/mol. The van der Waals surface area contributed by atoms with Gasteiger partial charge in [0.2, 0.25) is 5.91 Å². The third kappa shape index (κ3) is 5.27. The number of thiazole rings is 1. The molecule has 1 heterocycles. The Kier molecular flexibility index (Phi) is 7.65. The van der Waals surface area contributed by atoms with Crippen LogP contribution in [0.1, 0.15) is 54.5 Å². The average Bonchev–Trinajstić information content (AvgIpc) is 3.07. The summed E-state index contributed by atoms with van der Waals surface area (Å²) < 4.78 is 10.1. The Labute approximate surface area is 147 Å². The van der Waals surface area contributed by atoms with Gasteiger partial charge >= 0.3 is 5.97 Å². The van der Waals surface area contributed by atoms with Crippen molar-refractivity contribution in [3.05, 3.63) is 16.1 Å². The summed E-state index contributed by atoms with van der Waals surface area (Å²) in [6.45, 7) is 3.55. The van der Waals surface area contributed by atoms with Crippen LogP contribution in [0.3, 0.4) is 0 Å². The highest BCUT2D eigenvalue weighted by Gasteiger charge is 2.26. The Hall–Kier alpha value is -1.47. The summed E-state index contributed by atoms with van der Waals surface area (Å²) in [4.78, 5) is 30.7. The molecule has 1 aliphatic carbocycles. The van der Waals surface area contributed by atoms with E-state index in [1.165, 1.54) is 17.8 Å². The quantitative estimate of drug-likeness (QED) is 0.672. The fraction of sp³-hybridized carbons (Fsp3) is 0.706. The lowest BCUT2D eigenvalue weighted by molar-refractivity contribution is -0.137. The lowest BCUT2D eigenvalue weighted by Crippen LogP contribution is -2.38. The number of rotatable bonds is 8. The smallest absolute Gasteiger partial charge is 0.357 e. The van der Waals surface area contributed by atoms with E-state index < -0.39 is 5.97 Å². The summed E-state index contributed by atoms with van der Waals surface area (Å²) in [7, 11) is 1.63. The Morgan fingerprint density at radius 3 is 2.75 bits per heavy atom. The number of carbonyl (C=O) groups excluding carboxylic acids is 2. The molecule has 0 atom stereocenters. The van der Waals surface area contributed by atoms with Gasteiger partial charge in [-0.3, -0.25) is 4.79 Å². The molecule has 0 unspecified atom stereocenters. The Bertz CT molecular complexity index is 540. The number of ether oxygens (including phenoxy) is 2. The van der Waals surface area contributed by atoms with Gasteiger partial charge < -0.3 is 14.4 Å². The second-order valence-corrected chi connectivity index (χ2v) is 6.88. The van der Waals surface area contributed by atoms with E-state index >= 15 is 0 Å². The van der Waals surface area contributed by atoms with Crippen LogP contribution in [0.5, 0.6) is 0 Å². The Balaban J connectivity index is 2.02. The van der Waals surface area contributed by atoms with Crippen LogP contribution >= 0.6 is 11.3 Å². The summed E-state index contributed by atoms with van der Waals surface area (Å²) >= 11 is 1.38. The van der Waals surface area contributed by atoms with Crippen molar-refractivity contribution in [1.82, 2.24) is 9.88 Å². The standard InChI is InChI=1S/C17H26N2O4S/c1-3-23-17(21)14-12-24-15(18-14)11-19(9-10-22-2)16(20)13-7-5-4-6-8-13/h12-13H,3-11H2,1-2H3. The van der Waals surface area contributed by atoms with Gasteiger partial charge in [0.1, 0.15) is 5.01 Å². The molecule has 0 aromatic carbocycles. The van der Waals surface area contributed by atoms with Crippen LogP contribution in [0.2, 0.25) is 0 Å². The summed E-state index contributed by atoms with van der Waals surface area (Å²) in [6.07, 6.45) is 5.40. The third-order valence-electron chi connectivity index (χ3n) is 4.19. The molecule has 24 heavy (non-hydrogen) atoms. The number of hydrogen-bond donors (Lipinski definition) is 0. The zero-order chi connectivity index (χ0) is 17.4. The molecule has 1 aromatic rings. The van der Waals surface area contributed by atoms with E-state index in [4.69, 9.17) is 9.47 Å². The maximum absolute atomic E-state index is 12.8. The van der Waals surface area contributed by atoms with Crippen LogP contribution in [0.15, 0.2) is 5.38 Å². The van der Waals surface area contributed by atoms with Crippen molar-refractivity contribution < 1.29 is 19.1 Å². The lowest BCUT2D eigenvalue weighted by atomic mass is 9.88. The van der Waals surface area contributed by atoms with E-state index in [0.29, 0.717) is 32.0 Å². The SMILES string of the molecule is CCOC(=O)c1csc(CN(CCOC)C(=O)C2CCCCC2)n1. The van der Waals surface area contributed by atoms with Crippen molar-refractivity contribution >= 4 is 23.2 Å². The number of aromatic nitrogens is 1. The minimum absolute atomic E-state index is 0.111. The van der Waals surface area contributed by atoms with Gasteiger partial charge in [-0.15, -0.1) is 11.3 Å². The molecule has 0 radical (unpaired) electrons. The van der Waals surface area contributed by atoms with E-state index in [1.54, 1.807) is 19.4 Å². The molecule has 134 valence electrons. The monoisotopic (exact) mass is 354 g/mol. The minimum Gasteiger partial charge on any atom is -0.461 e. The first-order chi connectivity index (χ1) is 11.7. The van der Waals surface area contributed by atoms with Gasteiger partial charge in [0, 0.05) is 25.0 Å². The van der Waals surface area contributed by atoms with Gasteiger partial charge in [-0.05, 0) is 19.8 Å². The molecule has 7 heteroatoms. The molecule has 0 saturated heterocycles. The normalized spacial score (nSPS) is 15.2. The highest BCUT2D eigenvalue weighted by molar-refractivity contribution is 7.09. The number of esters is 1. The van der Waals surface area contributed by atoms with E-state index in [0.717, 1.165) is 30.7 Å². The summed E-state index contributed by atoms with van der Waals surface area (Å²) in [6, 6.07) is 0. The fourth-order valence-electron chi connectivity index (χ4n) is 2.92. The fourth-order valence-corrected chi connectivity index (χ4v) is 3.70. The van der Waals surface area contributed by atoms with Crippen LogP contribution in [0, 0.1) is 5.92 Å². The molecule has 1 amide bonds. The molecule has 0 spiro atoms. The highest BCUT2D eigenvalue weighted by Crippen LogP contribution is 2.26. The van der Waals surface area contributed by atoms with Crippen molar-refractivity contribution in [2.45, 2.75) is 45.6 Å². The molecule has 1 fully saturated rings. The lowest BCUT2D eigenvalue weighted by Gasteiger charge is -2.28. The first-order valence-electron chi connectivity index (χ1n) is 8.55. The summed E-state index contributed by atoms with van der Waals surface area (Å²) in [5.41, 5.74) is 0.314. The van der Waals surface area contributed by atoms with E-state index in [1.807, 2.05) is 4.90 Å². The largest absolute Gasteiger partial charge is 0.461 e. The van der Waals surface area contributed by atoms with Crippen molar-refractivity contribution in [1.29, 1.82) is 0 Å². The maximum Gasteiger partial charge on any atom is 0.357 e. The van der Waals surface area contributed by atoms with Crippen LogP contribution in [0.25, 0.3) is 0 Å². The van der Waals surface area contributed by atoms with Gasteiger partial charge in [-0.1, -0.05) is 19.3 Å². The van der Waals surface area contributed by atoms with E-state index in [-0.39, 0.29) is 11.8 Å². The highest BCUT2D eigenvalue weighted by atomic mass is 32.1. The maximum atomic E-state index is 12.8. The second-order valence-electron chi connectivity index (χ2n) is 5.93. The third-order valence-corrected chi connectivity index (χ3v) is 5.03. The number of hydrogen-bond acceptors (Lipinski definition) is 6. The van der Waals surface area contributed by atoms with Crippen LogP contribution in [0.4, 0.5) is 0 Å². The zero-order valence-electron chi connectivity index (χ0n) is 14.5. The van der Waals surface area contributed by atoms with E-state index in [9.17, 15) is 9.59 Å². The van der Waals surface area contributed by atoms with Gasteiger partial charge in [0.15, 0.2) is 5.69 Å². The number of methoxy groups -OCH3 is 1. The van der Waals surface area contributed by atoms with Gasteiger partial charge in [-0.25, -0.2) is 9.78 Å². The Morgan fingerprint density at radius 2 is 2.08 bits per heavy atom. The van der Waals surface area contributed by atoms with Crippen LogP contribution in [-0.4, -0.2) is 48.6 Å². The number of nitrogens with zero attached hydrogens (tertiary/aromatic N) is 2. The van der Waals surface area contributed by atoms with Gasteiger partial charge in [0.25, 0.3) is 0 Å². The molecular formula is C17H26N2O4S. The predicted octanol–water partition coefficient (Wildman–Crippen LogP) is 2.88. The molecule has 1 aromatic heterocycles. The minimum atomic E-state index is -0.415. The van der Waals surface area contributed by atoms with Gasteiger partial charge in [0.05, 0.1) is 19.8 Å². The molecule has 0 N–H and O–H groups in total.